The Morgan fingerprint density at radius 3 is 2.77 bits per heavy atom. The average molecular weight is 435 g/mol. The van der Waals surface area contributed by atoms with Gasteiger partial charge in [0, 0.05) is 30.6 Å². The van der Waals surface area contributed by atoms with E-state index in [2.05, 4.69) is 20.6 Å². The molecule has 10 heteroatoms. The number of fused-ring (bicyclic) bond motifs is 1. The Morgan fingerprint density at radius 1 is 1.27 bits per heavy atom. The van der Waals surface area contributed by atoms with Crippen LogP contribution in [0.25, 0.3) is 0 Å². The smallest absolute Gasteiger partial charge is 0.343 e. The van der Waals surface area contributed by atoms with Crippen LogP contribution < -0.4 is 10.6 Å². The minimum Gasteiger partial charge on any atom is -0.343 e. The van der Waals surface area contributed by atoms with Crippen molar-refractivity contribution < 1.29 is 18.0 Å². The van der Waals surface area contributed by atoms with Gasteiger partial charge in [-0.25, -0.2) is 9.97 Å². The van der Waals surface area contributed by atoms with Crippen LogP contribution in [0, 0.1) is 0 Å². The number of nitrogens with one attached hydrogen (secondary N) is 2. The topological polar surface area (TPSA) is 71.8 Å². The first-order valence-corrected chi connectivity index (χ1v) is 10.3. The lowest BCUT2D eigenvalue weighted by molar-refractivity contribution is -0.137. The molecule has 3 heterocycles. The van der Waals surface area contributed by atoms with Crippen LogP contribution in [0.5, 0.6) is 0 Å². The van der Waals surface area contributed by atoms with E-state index in [-0.39, 0.29) is 11.9 Å². The van der Waals surface area contributed by atoms with Gasteiger partial charge in [0.2, 0.25) is 0 Å². The van der Waals surface area contributed by atoms with Gasteiger partial charge in [-0.3, -0.25) is 4.79 Å². The van der Waals surface area contributed by atoms with Crippen molar-refractivity contribution in [2.45, 2.75) is 38.7 Å². The van der Waals surface area contributed by atoms with Crippen LogP contribution in [-0.4, -0.2) is 27.0 Å². The SMILES string of the molecule is CC(NC(=O)c1cnc2n1CCNC2)c1cnc(Cc2ccc(C(F)(F)F)cc2)s1. The van der Waals surface area contributed by atoms with Gasteiger partial charge in [0.1, 0.15) is 11.5 Å². The number of amides is 1. The van der Waals surface area contributed by atoms with Gasteiger partial charge in [0.05, 0.1) is 29.4 Å². The van der Waals surface area contributed by atoms with Crippen LogP contribution in [0.1, 0.15) is 50.3 Å². The second-order valence-corrected chi connectivity index (χ2v) is 8.26. The van der Waals surface area contributed by atoms with Crippen molar-refractivity contribution in [3.8, 4) is 0 Å². The third-order valence-corrected chi connectivity index (χ3v) is 6.13. The fourth-order valence-corrected chi connectivity index (χ4v) is 4.27. The Kier molecular flexibility index (Phi) is 5.61. The standard InChI is InChI=1S/C20H20F3N5OS/c1-12(27-19(29)15-9-25-17-11-24-6-7-28(15)17)16-10-26-18(30-16)8-13-2-4-14(5-3-13)20(21,22)23/h2-5,9-10,12,24H,6-8,11H2,1H3,(H,27,29). The number of hydrogen-bond acceptors (Lipinski definition) is 5. The van der Waals surface area contributed by atoms with Crippen LogP contribution in [0.4, 0.5) is 13.2 Å². The molecule has 0 radical (unpaired) electrons. The molecule has 0 spiro atoms. The number of rotatable bonds is 5. The Hall–Kier alpha value is -2.72. The maximum absolute atomic E-state index is 12.7. The highest BCUT2D eigenvalue weighted by atomic mass is 32.1. The quantitative estimate of drug-likeness (QED) is 0.643. The largest absolute Gasteiger partial charge is 0.416 e. The minimum atomic E-state index is -4.34. The van der Waals surface area contributed by atoms with Crippen molar-refractivity contribution in [2.24, 2.45) is 0 Å². The molecule has 0 fully saturated rings. The zero-order valence-corrected chi connectivity index (χ0v) is 17.0. The predicted octanol–water partition coefficient (Wildman–Crippen LogP) is 3.54. The molecule has 1 aromatic carbocycles. The van der Waals surface area contributed by atoms with E-state index < -0.39 is 11.7 Å². The number of nitrogens with zero attached hydrogens (tertiary/aromatic N) is 3. The van der Waals surface area contributed by atoms with E-state index >= 15 is 0 Å². The Labute approximate surface area is 175 Å². The minimum absolute atomic E-state index is 0.194. The Balaban J connectivity index is 1.40. The molecule has 1 atom stereocenters. The molecule has 2 N–H and O–H groups in total. The summed E-state index contributed by atoms with van der Waals surface area (Å²) in [5.41, 5.74) is 0.619. The molecule has 1 aliphatic heterocycles. The van der Waals surface area contributed by atoms with Gasteiger partial charge in [-0.15, -0.1) is 11.3 Å². The summed E-state index contributed by atoms with van der Waals surface area (Å²) in [7, 11) is 0. The van der Waals surface area contributed by atoms with E-state index in [0.717, 1.165) is 40.0 Å². The van der Waals surface area contributed by atoms with Crippen molar-refractivity contribution in [1.29, 1.82) is 0 Å². The monoisotopic (exact) mass is 435 g/mol. The first-order valence-electron chi connectivity index (χ1n) is 9.48. The lowest BCUT2D eigenvalue weighted by Gasteiger charge is -2.18. The molecule has 1 aliphatic rings. The van der Waals surface area contributed by atoms with Gasteiger partial charge in [-0.2, -0.15) is 13.2 Å². The maximum atomic E-state index is 12.7. The van der Waals surface area contributed by atoms with Crippen LogP contribution in [0.2, 0.25) is 0 Å². The van der Waals surface area contributed by atoms with E-state index in [0.29, 0.717) is 25.2 Å². The van der Waals surface area contributed by atoms with Gasteiger partial charge >= 0.3 is 6.18 Å². The number of halogens is 3. The summed E-state index contributed by atoms with van der Waals surface area (Å²) in [4.78, 5) is 22.2. The fourth-order valence-electron chi connectivity index (χ4n) is 3.31. The predicted molar refractivity (Wildman–Crippen MR) is 106 cm³/mol. The van der Waals surface area contributed by atoms with Crippen molar-refractivity contribution in [3.05, 3.63) is 69.2 Å². The number of benzene rings is 1. The van der Waals surface area contributed by atoms with Crippen molar-refractivity contribution in [3.63, 3.8) is 0 Å². The first kappa shape index (κ1) is 20.5. The molecule has 0 aliphatic carbocycles. The summed E-state index contributed by atoms with van der Waals surface area (Å²) in [6.45, 7) is 4.01. The van der Waals surface area contributed by atoms with E-state index in [1.165, 1.54) is 23.5 Å². The molecule has 6 nitrogen and oxygen atoms in total. The highest BCUT2D eigenvalue weighted by Crippen LogP contribution is 2.30. The molecule has 3 aromatic rings. The van der Waals surface area contributed by atoms with Gasteiger partial charge in [0.15, 0.2) is 0 Å². The van der Waals surface area contributed by atoms with Gasteiger partial charge in [0.25, 0.3) is 5.91 Å². The molecule has 0 bridgehead atoms. The second kappa shape index (κ2) is 8.19. The number of alkyl halides is 3. The highest BCUT2D eigenvalue weighted by Gasteiger charge is 2.30. The molecule has 4 rings (SSSR count). The zero-order chi connectivity index (χ0) is 21.3. The van der Waals surface area contributed by atoms with Crippen molar-refractivity contribution in [1.82, 2.24) is 25.2 Å². The molecular formula is C20H20F3N5OS. The Morgan fingerprint density at radius 2 is 2.03 bits per heavy atom. The average Bonchev–Trinajstić information content (AvgIpc) is 3.35. The number of thiazole rings is 1. The number of carbonyl (C=O) groups excluding carboxylic acids is 1. The van der Waals surface area contributed by atoms with Crippen LogP contribution in [0.3, 0.4) is 0 Å². The van der Waals surface area contributed by atoms with Crippen LogP contribution in [-0.2, 0) is 25.7 Å². The lowest BCUT2D eigenvalue weighted by Crippen LogP contribution is -2.33. The maximum Gasteiger partial charge on any atom is 0.416 e. The summed E-state index contributed by atoms with van der Waals surface area (Å²) in [5, 5.41) is 6.97. The van der Waals surface area contributed by atoms with Crippen LogP contribution >= 0.6 is 11.3 Å². The highest BCUT2D eigenvalue weighted by molar-refractivity contribution is 7.11. The van der Waals surface area contributed by atoms with E-state index in [4.69, 9.17) is 0 Å². The molecular weight excluding hydrogens is 415 g/mol. The Bertz CT molecular complexity index is 1040. The van der Waals surface area contributed by atoms with Gasteiger partial charge in [-0.1, -0.05) is 12.1 Å². The lowest BCUT2D eigenvalue weighted by atomic mass is 10.1. The molecule has 1 amide bonds. The van der Waals surface area contributed by atoms with E-state index in [1.54, 1.807) is 12.4 Å². The summed E-state index contributed by atoms with van der Waals surface area (Å²) < 4.78 is 40.0. The van der Waals surface area contributed by atoms with E-state index in [1.807, 2.05) is 11.5 Å². The fraction of sp³-hybridized carbons (Fsp3) is 0.350. The number of carbonyl (C=O) groups is 1. The third kappa shape index (κ3) is 4.39. The summed E-state index contributed by atoms with van der Waals surface area (Å²) in [6.07, 6.45) is -0.615. The molecule has 0 saturated carbocycles. The first-order chi connectivity index (χ1) is 14.3. The number of hydrogen-bond donors (Lipinski definition) is 2. The van der Waals surface area contributed by atoms with Gasteiger partial charge in [-0.05, 0) is 24.6 Å². The molecule has 30 heavy (non-hydrogen) atoms. The summed E-state index contributed by atoms with van der Waals surface area (Å²) in [5.74, 6) is 0.650. The van der Waals surface area contributed by atoms with Crippen molar-refractivity contribution in [2.75, 3.05) is 6.54 Å². The normalized spacial score (nSPS) is 14.9. The summed E-state index contributed by atoms with van der Waals surface area (Å²) >= 11 is 1.43. The molecule has 1 unspecified atom stereocenters. The van der Waals surface area contributed by atoms with E-state index in [9.17, 15) is 18.0 Å². The molecule has 2 aromatic heterocycles. The number of aromatic nitrogens is 3. The van der Waals surface area contributed by atoms with Crippen molar-refractivity contribution >= 4 is 17.2 Å². The second-order valence-electron chi connectivity index (χ2n) is 7.11. The van der Waals surface area contributed by atoms with Crippen LogP contribution in [0.15, 0.2) is 36.7 Å². The van der Waals surface area contributed by atoms with Gasteiger partial charge < -0.3 is 15.2 Å². The summed E-state index contributed by atoms with van der Waals surface area (Å²) in [6, 6.07) is 4.84. The number of imidazole rings is 1. The third-order valence-electron chi connectivity index (χ3n) is 4.95. The molecule has 158 valence electrons. The molecule has 0 saturated heterocycles. The zero-order valence-electron chi connectivity index (χ0n) is 16.2.